The molecule has 0 aliphatic heterocycles. The van der Waals surface area contributed by atoms with Crippen LogP contribution in [0.1, 0.15) is 11.3 Å². The van der Waals surface area contributed by atoms with E-state index in [4.69, 9.17) is 5.11 Å². The van der Waals surface area contributed by atoms with Crippen LogP contribution in [0.4, 0.5) is 10.1 Å². The van der Waals surface area contributed by atoms with Gasteiger partial charge < -0.3 is 15.0 Å². The maximum Gasteiger partial charge on any atom is 0.234 e. The lowest BCUT2D eigenvalue weighted by atomic mass is 10.2. The Labute approximate surface area is 126 Å². The van der Waals surface area contributed by atoms with E-state index in [0.717, 1.165) is 0 Å². The number of hydrogen-bond acceptors (Lipinski definition) is 4. The van der Waals surface area contributed by atoms with Gasteiger partial charge in [0.25, 0.3) is 0 Å². The van der Waals surface area contributed by atoms with Crippen molar-refractivity contribution < 1.29 is 14.3 Å². The van der Waals surface area contributed by atoms with Gasteiger partial charge in [-0.05, 0) is 24.6 Å². The van der Waals surface area contributed by atoms with Crippen molar-refractivity contribution in [1.82, 2.24) is 9.55 Å². The van der Waals surface area contributed by atoms with Crippen molar-refractivity contribution in [3.05, 3.63) is 41.5 Å². The number of carbonyl (C=O) groups excluding carboxylic acids is 1. The molecule has 2 rings (SSSR count). The summed E-state index contributed by atoms with van der Waals surface area (Å²) in [4.78, 5) is 15.9. The van der Waals surface area contributed by atoms with Crippen molar-refractivity contribution in [2.75, 3.05) is 11.1 Å². The molecule has 0 atom stereocenters. The van der Waals surface area contributed by atoms with Gasteiger partial charge >= 0.3 is 0 Å². The lowest BCUT2D eigenvalue weighted by Crippen LogP contribution is -2.14. The maximum absolute atomic E-state index is 13.4. The predicted octanol–water partition coefficient (Wildman–Crippen LogP) is 2.09. The fraction of sp³-hybridized carbons (Fsp3) is 0.286. The second-order valence-corrected chi connectivity index (χ2v) is 5.49. The Morgan fingerprint density at radius 1 is 1.52 bits per heavy atom. The smallest absolute Gasteiger partial charge is 0.234 e. The molecule has 1 aromatic carbocycles. The van der Waals surface area contributed by atoms with Crippen molar-refractivity contribution in [2.24, 2.45) is 7.05 Å². The van der Waals surface area contributed by atoms with Crippen LogP contribution in [0.2, 0.25) is 0 Å². The van der Waals surface area contributed by atoms with Crippen LogP contribution in [0.25, 0.3) is 0 Å². The van der Waals surface area contributed by atoms with Gasteiger partial charge in [-0.1, -0.05) is 17.8 Å². The topological polar surface area (TPSA) is 67.2 Å². The number of aryl methyl sites for hydroxylation is 1. The summed E-state index contributed by atoms with van der Waals surface area (Å²) < 4.78 is 15.1. The summed E-state index contributed by atoms with van der Waals surface area (Å²) in [6.07, 6.45) is 1.57. The number of aliphatic hydroxyl groups excluding tert-OH is 1. The third-order valence-corrected chi connectivity index (χ3v) is 4.04. The highest BCUT2D eigenvalue weighted by Gasteiger charge is 2.10. The first-order valence-electron chi connectivity index (χ1n) is 6.31. The number of imidazole rings is 1. The van der Waals surface area contributed by atoms with Crippen LogP contribution in [0.15, 0.2) is 29.6 Å². The maximum atomic E-state index is 13.4. The summed E-state index contributed by atoms with van der Waals surface area (Å²) in [6.45, 7) is 1.56. The summed E-state index contributed by atoms with van der Waals surface area (Å²) in [5, 5.41) is 12.3. The second-order valence-electron chi connectivity index (χ2n) is 4.55. The largest absolute Gasteiger partial charge is 0.390 e. The van der Waals surface area contributed by atoms with E-state index in [0.29, 0.717) is 22.1 Å². The van der Waals surface area contributed by atoms with Gasteiger partial charge in [0.2, 0.25) is 5.91 Å². The van der Waals surface area contributed by atoms with E-state index in [-0.39, 0.29) is 24.1 Å². The molecule has 0 spiro atoms. The Kier molecular flexibility index (Phi) is 4.98. The fourth-order valence-electron chi connectivity index (χ4n) is 1.70. The third kappa shape index (κ3) is 3.83. The van der Waals surface area contributed by atoms with Gasteiger partial charge in [0.15, 0.2) is 5.16 Å². The molecule has 0 radical (unpaired) electrons. The van der Waals surface area contributed by atoms with E-state index in [2.05, 4.69) is 10.3 Å². The van der Waals surface area contributed by atoms with Gasteiger partial charge in [-0.25, -0.2) is 9.37 Å². The summed E-state index contributed by atoms with van der Waals surface area (Å²) >= 11 is 1.25. The molecule has 1 heterocycles. The molecule has 2 aromatic rings. The number of anilines is 1. The van der Waals surface area contributed by atoms with Crippen molar-refractivity contribution in [3.63, 3.8) is 0 Å². The zero-order valence-corrected chi connectivity index (χ0v) is 12.6. The molecule has 0 aliphatic carbocycles. The van der Waals surface area contributed by atoms with Crippen LogP contribution in [0.5, 0.6) is 0 Å². The molecular formula is C14H16FN3O2S. The van der Waals surface area contributed by atoms with Gasteiger partial charge in [-0.15, -0.1) is 0 Å². The Bertz CT molecular complexity index is 658. The van der Waals surface area contributed by atoms with Gasteiger partial charge in [0.05, 0.1) is 24.3 Å². The zero-order chi connectivity index (χ0) is 15.4. The molecule has 5 nitrogen and oxygen atoms in total. The lowest BCUT2D eigenvalue weighted by Gasteiger charge is -2.07. The first-order chi connectivity index (χ1) is 10.0. The number of aromatic nitrogens is 2. The van der Waals surface area contributed by atoms with E-state index in [1.807, 2.05) is 0 Å². The summed E-state index contributed by atoms with van der Waals surface area (Å²) in [5.41, 5.74) is 1.64. The Hall–Kier alpha value is -1.86. The quantitative estimate of drug-likeness (QED) is 0.830. The molecular weight excluding hydrogens is 293 g/mol. The zero-order valence-electron chi connectivity index (χ0n) is 11.8. The fourth-order valence-corrected chi connectivity index (χ4v) is 2.48. The molecule has 0 bridgehead atoms. The Morgan fingerprint density at radius 2 is 2.29 bits per heavy atom. The third-order valence-electron chi connectivity index (χ3n) is 2.99. The molecule has 0 unspecified atom stereocenters. The number of nitrogens with one attached hydrogen (secondary N) is 1. The number of halogens is 1. The number of thioether (sulfide) groups is 1. The van der Waals surface area contributed by atoms with Crippen molar-refractivity contribution in [3.8, 4) is 0 Å². The average Bonchev–Trinajstić information content (AvgIpc) is 2.81. The first kappa shape index (κ1) is 15.5. The van der Waals surface area contributed by atoms with Gasteiger partial charge in [0.1, 0.15) is 5.82 Å². The summed E-state index contributed by atoms with van der Waals surface area (Å²) in [5.74, 6) is -0.431. The van der Waals surface area contributed by atoms with Crippen LogP contribution in [0.3, 0.4) is 0 Å². The number of carbonyl (C=O) groups is 1. The van der Waals surface area contributed by atoms with Gasteiger partial charge in [-0.2, -0.15) is 0 Å². The minimum absolute atomic E-state index is 0.0983. The molecule has 0 aliphatic rings. The molecule has 0 saturated carbocycles. The molecule has 112 valence electrons. The highest BCUT2D eigenvalue weighted by atomic mass is 32.2. The first-order valence-corrected chi connectivity index (χ1v) is 7.30. The molecule has 0 saturated heterocycles. The van der Waals surface area contributed by atoms with E-state index < -0.39 is 0 Å². The predicted molar refractivity (Wildman–Crippen MR) is 79.6 cm³/mol. The van der Waals surface area contributed by atoms with Gasteiger partial charge in [0, 0.05) is 12.7 Å². The molecule has 1 aromatic heterocycles. The van der Waals surface area contributed by atoms with Gasteiger partial charge in [-0.3, -0.25) is 4.79 Å². The second kappa shape index (κ2) is 6.73. The molecule has 0 fully saturated rings. The minimum atomic E-state index is -0.350. The average molecular weight is 309 g/mol. The van der Waals surface area contributed by atoms with Crippen LogP contribution in [-0.2, 0) is 18.4 Å². The highest BCUT2D eigenvalue weighted by Crippen LogP contribution is 2.18. The summed E-state index contributed by atoms with van der Waals surface area (Å²) in [7, 11) is 1.77. The van der Waals surface area contributed by atoms with E-state index >= 15 is 0 Å². The molecule has 7 heteroatoms. The van der Waals surface area contributed by atoms with Crippen molar-refractivity contribution in [2.45, 2.75) is 18.7 Å². The number of nitrogens with zero attached hydrogens (tertiary/aromatic N) is 2. The highest BCUT2D eigenvalue weighted by molar-refractivity contribution is 7.99. The van der Waals surface area contributed by atoms with E-state index in [1.165, 1.54) is 17.8 Å². The van der Waals surface area contributed by atoms with Crippen molar-refractivity contribution >= 4 is 23.4 Å². The van der Waals surface area contributed by atoms with Crippen LogP contribution >= 0.6 is 11.8 Å². The van der Waals surface area contributed by atoms with Crippen LogP contribution in [-0.4, -0.2) is 26.3 Å². The minimum Gasteiger partial charge on any atom is -0.390 e. The normalized spacial score (nSPS) is 10.7. The molecule has 21 heavy (non-hydrogen) atoms. The summed E-state index contributed by atoms with van der Waals surface area (Å²) in [6, 6.07) is 4.57. The Balaban J connectivity index is 1.92. The standard InChI is InChI=1S/C14H16FN3O2S/c1-9-3-4-10(5-12(9)15)17-13(20)8-21-14-16-6-11(7-19)18(14)2/h3-6,19H,7-8H2,1-2H3,(H,17,20). The van der Waals surface area contributed by atoms with Crippen LogP contribution in [0, 0.1) is 12.7 Å². The number of amides is 1. The van der Waals surface area contributed by atoms with Crippen LogP contribution < -0.4 is 5.32 Å². The number of aliphatic hydroxyl groups is 1. The van der Waals surface area contributed by atoms with Crippen molar-refractivity contribution in [1.29, 1.82) is 0 Å². The molecule has 2 N–H and O–H groups in total. The van der Waals surface area contributed by atoms with E-state index in [9.17, 15) is 9.18 Å². The Morgan fingerprint density at radius 3 is 2.90 bits per heavy atom. The SMILES string of the molecule is Cc1ccc(NC(=O)CSc2ncc(CO)n2C)cc1F. The monoisotopic (exact) mass is 309 g/mol. The lowest BCUT2D eigenvalue weighted by molar-refractivity contribution is -0.113. The number of benzene rings is 1. The van der Waals surface area contributed by atoms with E-state index in [1.54, 1.807) is 36.9 Å². The number of hydrogen-bond donors (Lipinski definition) is 2. The number of rotatable bonds is 5. The molecule has 1 amide bonds.